The van der Waals surface area contributed by atoms with Crippen molar-refractivity contribution < 1.29 is 9.59 Å². The average Bonchev–Trinajstić information content (AvgIpc) is 3.39. The third-order valence-corrected chi connectivity index (χ3v) is 8.92. The van der Waals surface area contributed by atoms with Gasteiger partial charge in [0.2, 0.25) is 11.8 Å². The van der Waals surface area contributed by atoms with E-state index in [1.54, 1.807) is 18.6 Å². The van der Waals surface area contributed by atoms with Crippen molar-refractivity contribution in [2.75, 3.05) is 31.1 Å². The minimum Gasteiger partial charge on any atom is -0.367 e. The number of halogens is 2. The van der Waals surface area contributed by atoms with Gasteiger partial charge in [0.25, 0.3) is 0 Å². The second-order valence-corrected chi connectivity index (χ2v) is 11.6. The van der Waals surface area contributed by atoms with Crippen molar-refractivity contribution >= 4 is 51.9 Å². The van der Waals surface area contributed by atoms with Gasteiger partial charge >= 0.3 is 0 Å². The first-order valence-corrected chi connectivity index (χ1v) is 14.8. The quantitative estimate of drug-likeness (QED) is 0.316. The van der Waals surface area contributed by atoms with Gasteiger partial charge in [-0.15, -0.1) is 0 Å². The van der Waals surface area contributed by atoms with Crippen molar-refractivity contribution in [1.29, 1.82) is 0 Å². The zero-order valence-electron chi connectivity index (χ0n) is 23.0. The van der Waals surface area contributed by atoms with Gasteiger partial charge in [-0.2, -0.15) is 0 Å². The summed E-state index contributed by atoms with van der Waals surface area (Å²) in [6.45, 7) is 5.74. The summed E-state index contributed by atoms with van der Waals surface area (Å²) in [5.74, 6) is 0.206. The van der Waals surface area contributed by atoms with E-state index in [1.807, 2.05) is 38.6 Å². The molecule has 41 heavy (non-hydrogen) atoms. The highest BCUT2D eigenvalue weighted by Crippen LogP contribution is 2.31. The summed E-state index contributed by atoms with van der Waals surface area (Å²) >= 11 is 12.2. The third-order valence-electron chi connectivity index (χ3n) is 8.18. The van der Waals surface area contributed by atoms with Crippen LogP contribution in [0.3, 0.4) is 0 Å². The van der Waals surface area contributed by atoms with E-state index in [1.165, 1.54) is 11.1 Å². The average molecular weight is 592 g/mol. The molecule has 0 aliphatic carbocycles. The van der Waals surface area contributed by atoms with Crippen molar-refractivity contribution in [3.63, 3.8) is 0 Å². The van der Waals surface area contributed by atoms with E-state index < -0.39 is 0 Å². The molecule has 1 unspecified atom stereocenters. The van der Waals surface area contributed by atoms with Crippen LogP contribution in [0, 0.1) is 0 Å². The number of hydrogen-bond acceptors (Lipinski definition) is 5. The maximum absolute atomic E-state index is 13.3. The number of hydrogen-bond donors (Lipinski definition) is 0. The molecule has 2 aromatic carbocycles. The van der Waals surface area contributed by atoms with Gasteiger partial charge in [0.1, 0.15) is 12.1 Å². The van der Waals surface area contributed by atoms with Crippen LogP contribution in [0.5, 0.6) is 0 Å². The van der Waals surface area contributed by atoms with Crippen molar-refractivity contribution in [3.05, 3.63) is 87.8 Å². The summed E-state index contributed by atoms with van der Waals surface area (Å²) in [6.07, 6.45) is 5.29. The van der Waals surface area contributed by atoms with Crippen molar-refractivity contribution in [2.24, 2.45) is 0 Å². The van der Waals surface area contributed by atoms with Crippen LogP contribution in [0.1, 0.15) is 30.0 Å². The van der Waals surface area contributed by atoms with Crippen molar-refractivity contribution in [2.45, 2.75) is 45.3 Å². The van der Waals surface area contributed by atoms with E-state index in [-0.39, 0.29) is 24.4 Å². The highest BCUT2D eigenvalue weighted by Gasteiger charge is 2.31. The van der Waals surface area contributed by atoms with Crippen LogP contribution in [0.2, 0.25) is 10.0 Å². The van der Waals surface area contributed by atoms with E-state index in [4.69, 9.17) is 23.2 Å². The fourth-order valence-electron chi connectivity index (χ4n) is 5.97. The summed E-state index contributed by atoms with van der Waals surface area (Å²) in [5, 5.41) is 1.03. The van der Waals surface area contributed by atoms with Crippen LogP contribution in [0.25, 0.3) is 11.2 Å². The molecule has 0 bridgehead atoms. The number of aryl methyl sites for hydroxylation is 1. The van der Waals surface area contributed by atoms with Gasteiger partial charge in [-0.05, 0) is 66.8 Å². The highest BCUT2D eigenvalue weighted by atomic mass is 35.5. The molecule has 1 fully saturated rings. The van der Waals surface area contributed by atoms with Gasteiger partial charge in [-0.1, -0.05) is 41.4 Å². The molecular weight excluding hydrogens is 559 g/mol. The Kier molecular flexibility index (Phi) is 7.86. The van der Waals surface area contributed by atoms with Crippen molar-refractivity contribution in [3.8, 4) is 0 Å². The van der Waals surface area contributed by atoms with Crippen LogP contribution in [-0.2, 0) is 35.5 Å². The topological polar surface area (TPSA) is 74.6 Å². The lowest BCUT2D eigenvalue weighted by molar-refractivity contribution is -0.134. The zero-order chi connectivity index (χ0) is 28.5. The van der Waals surface area contributed by atoms with Gasteiger partial charge < -0.3 is 19.3 Å². The number of aromatic nitrogens is 3. The largest absolute Gasteiger partial charge is 0.367 e. The number of amides is 2. The number of imidazole rings is 1. The molecule has 0 spiro atoms. The number of carbonyl (C=O) groups is 2. The van der Waals surface area contributed by atoms with Crippen molar-refractivity contribution in [1.82, 2.24) is 24.3 Å². The molecule has 4 aromatic rings. The molecule has 4 heterocycles. The number of benzene rings is 2. The summed E-state index contributed by atoms with van der Waals surface area (Å²) in [7, 11) is 0. The van der Waals surface area contributed by atoms with E-state index >= 15 is 0 Å². The zero-order valence-corrected chi connectivity index (χ0v) is 24.5. The van der Waals surface area contributed by atoms with Gasteiger partial charge in [-0.25, -0.2) is 9.97 Å². The Hall–Kier alpha value is -3.62. The lowest BCUT2D eigenvalue weighted by atomic mass is 9.96. The number of carbonyl (C=O) groups excluding carboxylic acids is 2. The maximum Gasteiger partial charge on any atom is 0.242 e. The van der Waals surface area contributed by atoms with E-state index in [0.717, 1.165) is 41.9 Å². The predicted octanol–water partition coefficient (Wildman–Crippen LogP) is 4.99. The fraction of sp³-hybridized carbons (Fsp3) is 0.355. The molecule has 0 saturated carbocycles. The molecule has 2 aliphatic rings. The Morgan fingerprint density at radius 2 is 1.85 bits per heavy atom. The van der Waals surface area contributed by atoms with Gasteiger partial charge in [0.05, 0.1) is 16.4 Å². The van der Waals surface area contributed by atoms with Gasteiger partial charge in [-0.3, -0.25) is 9.59 Å². The minimum absolute atomic E-state index is 0.0439. The number of piperazine rings is 1. The first-order valence-electron chi connectivity index (χ1n) is 14.0. The smallest absolute Gasteiger partial charge is 0.242 e. The van der Waals surface area contributed by atoms with Crippen LogP contribution in [0.15, 0.2) is 61.1 Å². The molecule has 2 aromatic heterocycles. The van der Waals surface area contributed by atoms with E-state index in [2.05, 4.69) is 40.0 Å². The number of anilines is 1. The second kappa shape index (κ2) is 11.7. The summed E-state index contributed by atoms with van der Waals surface area (Å²) in [5.41, 5.74) is 6.18. The fourth-order valence-corrected chi connectivity index (χ4v) is 6.29. The predicted molar refractivity (Wildman–Crippen MR) is 161 cm³/mol. The number of rotatable bonds is 6. The first kappa shape index (κ1) is 27.5. The van der Waals surface area contributed by atoms with Gasteiger partial charge in [0.15, 0.2) is 5.65 Å². The second-order valence-electron chi connectivity index (χ2n) is 10.8. The van der Waals surface area contributed by atoms with E-state index in [9.17, 15) is 9.59 Å². The molecule has 212 valence electrons. The molecule has 1 atom stereocenters. The Labute approximate surface area is 249 Å². The minimum atomic E-state index is 0.0439. The molecule has 0 N–H and O–H groups in total. The number of nitrogens with zero attached hydrogens (tertiary/aromatic N) is 6. The molecule has 10 heteroatoms. The summed E-state index contributed by atoms with van der Waals surface area (Å²) in [4.78, 5) is 41.5. The molecular formula is C31H32Cl2N6O2. The SMILES string of the molecule is CC1CN(c2cccc3c2CN(C(=O)CCc2ccc(Cl)c(Cl)c2)CC3)CCN1C(=O)Cn1cnc2cccnc21. The molecule has 2 amide bonds. The third kappa shape index (κ3) is 5.76. The maximum atomic E-state index is 13.3. The molecule has 8 nitrogen and oxygen atoms in total. The number of pyridine rings is 1. The Morgan fingerprint density at radius 1 is 0.976 bits per heavy atom. The standard InChI is InChI=1S/C31H32Cl2N6O2/c1-21-17-36(14-15-39(21)30(41)19-38-20-35-27-5-3-12-34-31(27)38)28-6-2-4-23-11-13-37(18-24(23)28)29(40)10-8-22-7-9-25(32)26(33)16-22/h2-7,9,12,16,20-21H,8,10-11,13-15,17-19H2,1H3. The first-order chi connectivity index (χ1) is 19.9. The molecule has 2 aliphatic heterocycles. The Morgan fingerprint density at radius 3 is 2.68 bits per heavy atom. The van der Waals surface area contributed by atoms with Crippen LogP contribution in [0.4, 0.5) is 5.69 Å². The van der Waals surface area contributed by atoms with E-state index in [0.29, 0.717) is 42.5 Å². The molecule has 6 rings (SSSR count). The van der Waals surface area contributed by atoms with Crippen LogP contribution in [-0.4, -0.2) is 68.4 Å². The lowest BCUT2D eigenvalue weighted by Gasteiger charge is -2.42. The number of fused-ring (bicyclic) bond motifs is 2. The summed E-state index contributed by atoms with van der Waals surface area (Å²) in [6, 6.07) is 15.7. The monoisotopic (exact) mass is 590 g/mol. The summed E-state index contributed by atoms with van der Waals surface area (Å²) < 4.78 is 1.82. The highest BCUT2D eigenvalue weighted by molar-refractivity contribution is 6.42. The van der Waals surface area contributed by atoms with Gasteiger partial charge in [0, 0.05) is 57.1 Å². The molecule has 0 radical (unpaired) electrons. The molecule has 1 saturated heterocycles. The van der Waals surface area contributed by atoms with Crippen LogP contribution >= 0.6 is 23.2 Å². The lowest BCUT2D eigenvalue weighted by Crippen LogP contribution is -2.55. The van der Waals surface area contributed by atoms with Crippen LogP contribution < -0.4 is 4.90 Å². The normalized spacial score (nSPS) is 17.1. The Bertz CT molecular complexity index is 1600. The Balaban J connectivity index is 1.10.